The molecule has 0 radical (unpaired) electrons. The highest BCUT2D eigenvalue weighted by molar-refractivity contribution is 6.42. The molecule has 0 N–H and O–H groups in total. The number of hydrogen-bond donors (Lipinski definition) is 0. The van der Waals surface area contributed by atoms with Crippen molar-refractivity contribution in [3.63, 3.8) is 0 Å². The van der Waals surface area contributed by atoms with Gasteiger partial charge in [0, 0.05) is 32.2 Å². The quantitative estimate of drug-likeness (QED) is 0.662. The van der Waals surface area contributed by atoms with E-state index >= 15 is 0 Å². The van der Waals surface area contributed by atoms with Crippen LogP contribution >= 0.6 is 23.2 Å². The van der Waals surface area contributed by atoms with Crippen molar-refractivity contribution >= 4 is 34.8 Å². The number of aromatic nitrogens is 4. The molecule has 0 bridgehead atoms. The van der Waals surface area contributed by atoms with Crippen molar-refractivity contribution in [1.82, 2.24) is 19.6 Å². The molecule has 136 valence electrons. The molecular weight excluding hydrogens is 377 g/mol. The fourth-order valence-corrected chi connectivity index (χ4v) is 3.35. The molecule has 1 aliphatic rings. The van der Waals surface area contributed by atoms with Crippen LogP contribution in [0.15, 0.2) is 30.6 Å². The lowest BCUT2D eigenvalue weighted by molar-refractivity contribution is 0.181. The highest BCUT2D eigenvalue weighted by atomic mass is 35.5. The summed E-state index contributed by atoms with van der Waals surface area (Å²) in [7, 11) is 1.65. The SMILES string of the molecule is COCc1cc(N2CCC(Oc3ccc(Cl)c(Cl)c3)C2)n2ncnc2n1. The third-order valence-corrected chi connectivity index (χ3v) is 4.98. The van der Waals surface area contributed by atoms with E-state index in [4.69, 9.17) is 32.7 Å². The minimum Gasteiger partial charge on any atom is -0.488 e. The topological polar surface area (TPSA) is 64.8 Å². The highest BCUT2D eigenvalue weighted by Gasteiger charge is 2.27. The van der Waals surface area contributed by atoms with Crippen molar-refractivity contribution < 1.29 is 9.47 Å². The van der Waals surface area contributed by atoms with Gasteiger partial charge in [0.2, 0.25) is 0 Å². The molecule has 3 aromatic rings. The summed E-state index contributed by atoms with van der Waals surface area (Å²) in [4.78, 5) is 10.9. The van der Waals surface area contributed by atoms with Gasteiger partial charge < -0.3 is 14.4 Å². The molecule has 2 aromatic heterocycles. The van der Waals surface area contributed by atoms with Crippen LogP contribution in [0.25, 0.3) is 5.78 Å². The first-order valence-electron chi connectivity index (χ1n) is 8.19. The van der Waals surface area contributed by atoms with Crippen LogP contribution in [0.1, 0.15) is 12.1 Å². The van der Waals surface area contributed by atoms with Crippen molar-refractivity contribution in [3.8, 4) is 5.75 Å². The number of nitrogens with zero attached hydrogens (tertiary/aromatic N) is 5. The van der Waals surface area contributed by atoms with Gasteiger partial charge in [-0.2, -0.15) is 14.6 Å². The maximum atomic E-state index is 6.06. The third-order valence-electron chi connectivity index (χ3n) is 4.24. The van der Waals surface area contributed by atoms with E-state index in [0.29, 0.717) is 28.2 Å². The monoisotopic (exact) mass is 393 g/mol. The van der Waals surface area contributed by atoms with Crippen LogP contribution in [-0.2, 0) is 11.3 Å². The van der Waals surface area contributed by atoms with E-state index in [2.05, 4.69) is 20.0 Å². The number of methoxy groups -OCH3 is 1. The van der Waals surface area contributed by atoms with E-state index < -0.39 is 0 Å². The van der Waals surface area contributed by atoms with Crippen LogP contribution in [0.5, 0.6) is 5.75 Å². The van der Waals surface area contributed by atoms with Gasteiger partial charge in [-0.15, -0.1) is 0 Å². The second-order valence-electron chi connectivity index (χ2n) is 6.06. The van der Waals surface area contributed by atoms with Gasteiger partial charge >= 0.3 is 0 Å². The van der Waals surface area contributed by atoms with Crippen LogP contribution in [0, 0.1) is 0 Å². The summed E-state index contributed by atoms with van der Waals surface area (Å²) < 4.78 is 13.0. The van der Waals surface area contributed by atoms with Crippen LogP contribution in [-0.4, -0.2) is 45.9 Å². The van der Waals surface area contributed by atoms with Gasteiger partial charge in [-0.05, 0) is 12.1 Å². The number of fused-ring (bicyclic) bond motifs is 1. The largest absolute Gasteiger partial charge is 0.488 e. The Balaban J connectivity index is 1.54. The Kier molecular flexibility index (Phi) is 4.84. The van der Waals surface area contributed by atoms with Crippen molar-refractivity contribution in [1.29, 1.82) is 0 Å². The smallest absolute Gasteiger partial charge is 0.254 e. The van der Waals surface area contributed by atoms with Crippen LogP contribution in [0.2, 0.25) is 10.0 Å². The van der Waals surface area contributed by atoms with Gasteiger partial charge in [0.25, 0.3) is 5.78 Å². The zero-order chi connectivity index (χ0) is 18.1. The third kappa shape index (κ3) is 3.42. The molecule has 1 unspecified atom stereocenters. The first kappa shape index (κ1) is 17.3. The summed E-state index contributed by atoms with van der Waals surface area (Å²) in [5.74, 6) is 2.20. The van der Waals surface area contributed by atoms with E-state index in [1.54, 1.807) is 23.8 Å². The van der Waals surface area contributed by atoms with Gasteiger partial charge in [-0.3, -0.25) is 0 Å². The number of benzene rings is 1. The second-order valence-corrected chi connectivity index (χ2v) is 6.88. The molecule has 1 aromatic carbocycles. The summed E-state index contributed by atoms with van der Waals surface area (Å²) >= 11 is 12.0. The Morgan fingerprint density at radius 1 is 1.23 bits per heavy atom. The fraction of sp³-hybridized carbons (Fsp3) is 0.353. The Bertz CT molecular complexity index is 933. The predicted octanol–water partition coefficient (Wildman–Crippen LogP) is 3.24. The average Bonchev–Trinajstić information content (AvgIpc) is 3.27. The Labute approximate surface area is 160 Å². The van der Waals surface area contributed by atoms with Crippen molar-refractivity contribution in [2.45, 2.75) is 19.1 Å². The van der Waals surface area contributed by atoms with Gasteiger partial charge in [-0.1, -0.05) is 23.2 Å². The summed E-state index contributed by atoms with van der Waals surface area (Å²) in [6.45, 7) is 2.00. The van der Waals surface area contributed by atoms with Crippen molar-refractivity contribution in [2.24, 2.45) is 0 Å². The van der Waals surface area contributed by atoms with E-state index in [1.165, 1.54) is 6.33 Å². The van der Waals surface area contributed by atoms with Gasteiger partial charge in [-0.25, -0.2) is 4.98 Å². The normalized spacial score (nSPS) is 17.2. The molecular formula is C17H17Cl2N5O2. The number of hydrogen-bond acceptors (Lipinski definition) is 6. The molecule has 0 saturated carbocycles. The molecule has 3 heterocycles. The molecule has 1 fully saturated rings. The summed E-state index contributed by atoms with van der Waals surface area (Å²) in [6.07, 6.45) is 2.44. The van der Waals surface area contributed by atoms with Gasteiger partial charge in [0.15, 0.2) is 0 Å². The summed E-state index contributed by atoms with van der Waals surface area (Å²) in [5, 5.41) is 5.29. The molecule has 7 nitrogen and oxygen atoms in total. The second kappa shape index (κ2) is 7.26. The number of anilines is 1. The minimum atomic E-state index is 0.0462. The summed E-state index contributed by atoms with van der Waals surface area (Å²) in [6, 6.07) is 7.29. The Morgan fingerprint density at radius 2 is 2.12 bits per heavy atom. The maximum absolute atomic E-state index is 6.06. The number of ether oxygens (including phenoxy) is 2. The van der Waals surface area contributed by atoms with Crippen molar-refractivity contribution in [2.75, 3.05) is 25.1 Å². The Hall–Kier alpha value is -2.09. The molecule has 1 saturated heterocycles. The first-order valence-corrected chi connectivity index (χ1v) is 8.95. The lowest BCUT2D eigenvalue weighted by Gasteiger charge is -2.20. The van der Waals surface area contributed by atoms with Gasteiger partial charge in [0.05, 0.1) is 28.9 Å². The standard InChI is InChI=1S/C17H17Cl2N5O2/c1-25-9-11-6-16(24-17(22-11)20-10-21-24)23-5-4-13(8-23)26-12-2-3-14(18)15(19)7-12/h2-3,6-7,10,13H,4-5,8-9H2,1H3. The average molecular weight is 394 g/mol. The van der Waals surface area contributed by atoms with Crippen molar-refractivity contribution in [3.05, 3.63) is 46.3 Å². The molecule has 26 heavy (non-hydrogen) atoms. The molecule has 9 heteroatoms. The van der Waals surface area contributed by atoms with E-state index in [9.17, 15) is 0 Å². The molecule has 0 amide bonds. The van der Waals surface area contributed by atoms with E-state index in [0.717, 1.165) is 31.0 Å². The maximum Gasteiger partial charge on any atom is 0.254 e. The van der Waals surface area contributed by atoms with Crippen LogP contribution in [0.4, 0.5) is 5.82 Å². The lowest BCUT2D eigenvalue weighted by atomic mass is 10.3. The van der Waals surface area contributed by atoms with Crippen LogP contribution in [0.3, 0.4) is 0 Å². The molecule has 1 atom stereocenters. The summed E-state index contributed by atoms with van der Waals surface area (Å²) in [5.41, 5.74) is 0.817. The zero-order valence-electron chi connectivity index (χ0n) is 14.1. The number of halogens is 2. The fourth-order valence-electron chi connectivity index (χ4n) is 3.07. The molecule has 1 aliphatic heterocycles. The predicted molar refractivity (Wildman–Crippen MR) is 99.2 cm³/mol. The Morgan fingerprint density at radius 3 is 2.92 bits per heavy atom. The zero-order valence-corrected chi connectivity index (χ0v) is 15.6. The lowest BCUT2D eigenvalue weighted by Crippen LogP contribution is -2.26. The molecule has 4 rings (SSSR count). The molecule has 0 aliphatic carbocycles. The van der Waals surface area contributed by atoms with E-state index in [-0.39, 0.29) is 6.10 Å². The first-order chi connectivity index (χ1) is 12.6. The highest BCUT2D eigenvalue weighted by Crippen LogP contribution is 2.29. The van der Waals surface area contributed by atoms with Gasteiger partial charge in [0.1, 0.15) is 24.0 Å². The van der Waals surface area contributed by atoms with E-state index in [1.807, 2.05) is 12.1 Å². The minimum absolute atomic E-state index is 0.0462. The van der Waals surface area contributed by atoms with Crippen LogP contribution < -0.4 is 9.64 Å². The number of rotatable bonds is 5. The molecule has 0 spiro atoms.